The molecule has 2 rings (SSSR count). The highest BCUT2D eigenvalue weighted by Gasteiger charge is 2.11. The third-order valence-corrected chi connectivity index (χ3v) is 3.71. The molecule has 0 amide bonds. The van der Waals surface area contributed by atoms with Gasteiger partial charge < -0.3 is 4.74 Å². The molecule has 8 heteroatoms. The number of sulfonamides is 1. The molecule has 4 nitrogen and oxygen atoms in total. The van der Waals surface area contributed by atoms with Crippen LogP contribution in [0, 0.1) is 0 Å². The summed E-state index contributed by atoms with van der Waals surface area (Å²) in [4.78, 5) is 0.356. The van der Waals surface area contributed by atoms with Gasteiger partial charge in [0.1, 0.15) is 5.75 Å². The van der Waals surface area contributed by atoms with Crippen LogP contribution in [0.5, 0.6) is 11.5 Å². The van der Waals surface area contributed by atoms with Crippen molar-refractivity contribution >= 4 is 39.5 Å². The molecule has 1 N–H and O–H groups in total. The SMILES string of the molecule is CS(=O)(=O)Nc1ccccc1Oc1ccc(SF)cc1Cl. The highest BCUT2D eigenvalue weighted by Crippen LogP contribution is 2.36. The molecule has 0 aliphatic carbocycles. The number of nitrogens with one attached hydrogen (secondary N) is 1. The lowest BCUT2D eigenvalue weighted by molar-refractivity contribution is 0.484. The van der Waals surface area contributed by atoms with Gasteiger partial charge in [-0.25, -0.2) is 8.42 Å². The average Bonchev–Trinajstić information content (AvgIpc) is 2.41. The standard InChI is InChI=1S/C13H11ClFNO3S2/c1-21(17,18)16-11-4-2-3-5-13(11)19-12-7-6-9(20-15)8-10(12)14/h2-8,16H,1H3. The Balaban J connectivity index is 2.32. The number of rotatable bonds is 5. The molecule has 0 saturated carbocycles. The topological polar surface area (TPSA) is 55.4 Å². The highest BCUT2D eigenvalue weighted by molar-refractivity contribution is 7.94. The van der Waals surface area contributed by atoms with E-state index in [0.29, 0.717) is 22.1 Å². The van der Waals surface area contributed by atoms with Gasteiger partial charge in [-0.05, 0) is 30.3 Å². The van der Waals surface area contributed by atoms with Crippen molar-refractivity contribution in [3.63, 3.8) is 0 Å². The van der Waals surface area contributed by atoms with Crippen LogP contribution in [0.25, 0.3) is 0 Å². The number of anilines is 1. The Morgan fingerprint density at radius 3 is 2.52 bits per heavy atom. The summed E-state index contributed by atoms with van der Waals surface area (Å²) in [6.07, 6.45) is 1.05. The maximum atomic E-state index is 12.5. The number of ether oxygens (including phenoxy) is 1. The molecular weight excluding hydrogens is 337 g/mol. The fourth-order valence-electron chi connectivity index (χ4n) is 1.57. The van der Waals surface area contributed by atoms with Gasteiger partial charge in [0.2, 0.25) is 10.0 Å². The van der Waals surface area contributed by atoms with Crippen LogP contribution in [-0.2, 0) is 10.0 Å². The number of hydrogen-bond acceptors (Lipinski definition) is 4. The zero-order valence-electron chi connectivity index (χ0n) is 10.8. The largest absolute Gasteiger partial charge is 0.454 e. The van der Waals surface area contributed by atoms with E-state index in [0.717, 1.165) is 6.26 Å². The summed E-state index contributed by atoms with van der Waals surface area (Å²) in [6, 6.07) is 11.0. The second-order valence-corrected chi connectivity index (χ2v) is 6.92. The lowest BCUT2D eigenvalue weighted by Gasteiger charge is -2.13. The van der Waals surface area contributed by atoms with Crippen molar-refractivity contribution in [1.29, 1.82) is 0 Å². The van der Waals surface area contributed by atoms with E-state index in [2.05, 4.69) is 4.72 Å². The first kappa shape index (κ1) is 15.9. The van der Waals surface area contributed by atoms with Crippen LogP contribution in [0.2, 0.25) is 5.02 Å². The van der Waals surface area contributed by atoms with Crippen LogP contribution in [-0.4, -0.2) is 14.7 Å². The number of benzene rings is 2. The molecule has 2 aromatic rings. The molecule has 0 spiro atoms. The predicted molar refractivity (Wildman–Crippen MR) is 83.4 cm³/mol. The highest BCUT2D eigenvalue weighted by atomic mass is 35.5. The van der Waals surface area contributed by atoms with Crippen molar-refractivity contribution < 1.29 is 17.0 Å². The van der Waals surface area contributed by atoms with Crippen molar-refractivity contribution in [1.82, 2.24) is 0 Å². The summed E-state index contributed by atoms with van der Waals surface area (Å²) < 4.78 is 43.0. The summed E-state index contributed by atoms with van der Waals surface area (Å²) in [7, 11) is -3.43. The van der Waals surface area contributed by atoms with E-state index < -0.39 is 10.0 Å². The molecule has 0 aromatic heterocycles. The van der Waals surface area contributed by atoms with Crippen molar-refractivity contribution in [2.75, 3.05) is 11.0 Å². The first-order valence-corrected chi connectivity index (χ1v) is 8.70. The molecule has 0 fully saturated rings. The first-order chi connectivity index (χ1) is 9.89. The minimum atomic E-state index is -3.43. The third kappa shape index (κ3) is 4.52. The molecular formula is C13H11ClFNO3S2. The lowest BCUT2D eigenvalue weighted by atomic mass is 10.3. The van der Waals surface area contributed by atoms with Gasteiger partial charge in [-0.3, -0.25) is 4.72 Å². The van der Waals surface area contributed by atoms with Gasteiger partial charge in [-0.1, -0.05) is 23.7 Å². The Morgan fingerprint density at radius 1 is 1.19 bits per heavy atom. The molecule has 112 valence electrons. The molecule has 0 saturated heterocycles. The van der Waals surface area contributed by atoms with Gasteiger partial charge >= 0.3 is 0 Å². The van der Waals surface area contributed by atoms with E-state index in [-0.39, 0.29) is 17.2 Å². The molecule has 0 aliphatic heterocycles. The van der Waals surface area contributed by atoms with Gasteiger partial charge in [0.25, 0.3) is 0 Å². The van der Waals surface area contributed by atoms with Gasteiger partial charge in [-0.2, -0.15) is 3.89 Å². The van der Waals surface area contributed by atoms with Gasteiger partial charge in [0.05, 0.1) is 29.1 Å². The molecule has 0 heterocycles. The molecule has 0 aliphatic rings. The number of hydrogen-bond donors (Lipinski definition) is 1. The number of para-hydroxylation sites is 2. The zero-order valence-corrected chi connectivity index (χ0v) is 13.2. The Labute approximate surface area is 131 Å². The van der Waals surface area contributed by atoms with E-state index in [9.17, 15) is 12.3 Å². The molecule has 21 heavy (non-hydrogen) atoms. The van der Waals surface area contributed by atoms with Crippen LogP contribution in [0.3, 0.4) is 0 Å². The maximum Gasteiger partial charge on any atom is 0.229 e. The Kier molecular flexibility index (Phi) is 4.97. The van der Waals surface area contributed by atoms with Crippen LogP contribution >= 0.6 is 23.7 Å². The summed E-state index contributed by atoms with van der Waals surface area (Å²) in [5, 5.41) is 0.229. The van der Waals surface area contributed by atoms with Crippen LogP contribution in [0.4, 0.5) is 9.57 Å². The van der Waals surface area contributed by atoms with Crippen molar-refractivity contribution in [3.8, 4) is 11.5 Å². The van der Waals surface area contributed by atoms with Crippen LogP contribution < -0.4 is 9.46 Å². The van der Waals surface area contributed by atoms with E-state index in [1.54, 1.807) is 24.3 Å². The Morgan fingerprint density at radius 2 is 1.90 bits per heavy atom. The fraction of sp³-hybridized carbons (Fsp3) is 0.0769. The zero-order chi connectivity index (χ0) is 15.5. The van der Waals surface area contributed by atoms with Gasteiger partial charge in [-0.15, -0.1) is 0 Å². The molecule has 0 unspecified atom stereocenters. The minimum Gasteiger partial charge on any atom is -0.454 e. The van der Waals surface area contributed by atoms with E-state index in [1.165, 1.54) is 18.2 Å². The first-order valence-electron chi connectivity index (χ1n) is 5.72. The quantitative estimate of drug-likeness (QED) is 0.866. The van der Waals surface area contributed by atoms with Crippen molar-refractivity contribution in [3.05, 3.63) is 47.5 Å². The third-order valence-electron chi connectivity index (χ3n) is 2.39. The van der Waals surface area contributed by atoms with Gasteiger partial charge in [0, 0.05) is 4.90 Å². The van der Waals surface area contributed by atoms with E-state index in [1.807, 2.05) is 0 Å². The van der Waals surface area contributed by atoms with E-state index in [4.69, 9.17) is 16.3 Å². The summed E-state index contributed by atoms with van der Waals surface area (Å²) in [5.41, 5.74) is 0.292. The fourth-order valence-corrected chi connectivity index (χ4v) is 2.70. The van der Waals surface area contributed by atoms with Crippen molar-refractivity contribution in [2.45, 2.75) is 4.90 Å². The molecule has 0 radical (unpaired) electrons. The second-order valence-electron chi connectivity index (χ2n) is 4.14. The van der Waals surface area contributed by atoms with E-state index >= 15 is 0 Å². The molecule has 0 atom stereocenters. The second kappa shape index (κ2) is 6.55. The minimum absolute atomic E-state index is 0.0773. The van der Waals surface area contributed by atoms with Gasteiger partial charge in [0.15, 0.2) is 5.75 Å². The monoisotopic (exact) mass is 347 g/mol. The Bertz CT molecular complexity index is 753. The lowest BCUT2D eigenvalue weighted by Crippen LogP contribution is -2.10. The maximum absolute atomic E-state index is 12.5. The Hall–Kier alpha value is -1.44. The molecule has 0 bridgehead atoms. The summed E-state index contributed by atoms with van der Waals surface area (Å²) >= 11 is 6.08. The van der Waals surface area contributed by atoms with Crippen LogP contribution in [0.15, 0.2) is 47.4 Å². The van der Waals surface area contributed by atoms with Crippen molar-refractivity contribution in [2.24, 2.45) is 0 Å². The summed E-state index contributed by atoms with van der Waals surface area (Å²) in [6.45, 7) is 0. The average molecular weight is 348 g/mol. The summed E-state index contributed by atoms with van der Waals surface area (Å²) in [5.74, 6) is 0.600. The predicted octanol–water partition coefficient (Wildman–Crippen LogP) is 4.48. The smallest absolute Gasteiger partial charge is 0.229 e. The molecule has 2 aromatic carbocycles. The number of halogens is 2. The van der Waals surface area contributed by atoms with Crippen LogP contribution in [0.1, 0.15) is 0 Å². The normalized spacial score (nSPS) is 11.2.